The van der Waals surface area contributed by atoms with Gasteiger partial charge in [0.1, 0.15) is 16.7 Å². The highest BCUT2D eigenvalue weighted by Crippen LogP contribution is 2.30. The molecule has 24 heavy (non-hydrogen) atoms. The molecule has 1 fully saturated rings. The van der Waals surface area contributed by atoms with Crippen LogP contribution in [0.15, 0.2) is 35.8 Å². The number of ether oxygens (including phenoxy) is 2. The Morgan fingerprint density at radius 3 is 2.92 bits per heavy atom. The lowest BCUT2D eigenvalue weighted by atomic mass is 10.2. The zero-order chi connectivity index (χ0) is 17.5. The number of amidine groups is 1. The Bertz CT molecular complexity index is 675. The first-order valence-electron chi connectivity index (χ1n) is 7.22. The molecule has 2 rings (SSSR count). The number of hydrogen-bond acceptors (Lipinski definition) is 6. The maximum Gasteiger partial charge on any atom is 0.240 e. The van der Waals surface area contributed by atoms with Crippen LogP contribution in [0, 0.1) is 0 Å². The minimum absolute atomic E-state index is 0.0317. The molecule has 0 bridgehead atoms. The molecule has 128 valence electrons. The van der Waals surface area contributed by atoms with E-state index < -0.39 is 5.25 Å². The minimum atomic E-state index is -0.509. The van der Waals surface area contributed by atoms with E-state index in [2.05, 4.69) is 22.2 Å². The van der Waals surface area contributed by atoms with Crippen molar-refractivity contribution < 1.29 is 19.1 Å². The molecule has 7 nitrogen and oxygen atoms in total. The number of thioether (sulfide) groups is 1. The van der Waals surface area contributed by atoms with Gasteiger partial charge in [0.2, 0.25) is 11.8 Å². The normalized spacial score (nSPS) is 18.2. The zero-order valence-electron chi connectivity index (χ0n) is 13.5. The van der Waals surface area contributed by atoms with Gasteiger partial charge in [-0.3, -0.25) is 14.6 Å². The molecule has 1 aromatic carbocycles. The molecule has 2 amide bonds. The monoisotopic (exact) mass is 349 g/mol. The number of nitrogens with zero attached hydrogens (tertiary/aromatic N) is 1. The van der Waals surface area contributed by atoms with Crippen LogP contribution in [0.25, 0.3) is 0 Å². The van der Waals surface area contributed by atoms with E-state index in [9.17, 15) is 9.59 Å². The largest absolute Gasteiger partial charge is 0.497 e. The summed E-state index contributed by atoms with van der Waals surface area (Å²) in [7, 11) is 3.05. The second-order valence-electron chi connectivity index (χ2n) is 4.85. The minimum Gasteiger partial charge on any atom is -0.497 e. The van der Waals surface area contributed by atoms with Gasteiger partial charge in [0.15, 0.2) is 5.17 Å². The number of methoxy groups -OCH3 is 2. The van der Waals surface area contributed by atoms with Crippen LogP contribution >= 0.6 is 11.8 Å². The molecule has 0 spiro atoms. The summed E-state index contributed by atoms with van der Waals surface area (Å²) in [5, 5.41) is 5.40. The summed E-state index contributed by atoms with van der Waals surface area (Å²) < 4.78 is 10.4. The van der Waals surface area contributed by atoms with Gasteiger partial charge in [0.25, 0.3) is 0 Å². The van der Waals surface area contributed by atoms with Gasteiger partial charge in [-0.1, -0.05) is 17.8 Å². The third kappa shape index (κ3) is 4.51. The third-order valence-corrected chi connectivity index (χ3v) is 4.31. The first-order chi connectivity index (χ1) is 11.6. The van der Waals surface area contributed by atoms with E-state index in [1.807, 2.05) is 0 Å². The predicted octanol–water partition coefficient (Wildman–Crippen LogP) is 1.81. The van der Waals surface area contributed by atoms with E-state index >= 15 is 0 Å². The van der Waals surface area contributed by atoms with Crippen molar-refractivity contribution in [3.05, 3.63) is 30.9 Å². The molecular formula is C16H19N3O4S. The highest BCUT2D eigenvalue weighted by molar-refractivity contribution is 8.15. The van der Waals surface area contributed by atoms with Gasteiger partial charge in [-0.2, -0.15) is 0 Å². The predicted molar refractivity (Wildman–Crippen MR) is 94.8 cm³/mol. The number of hydrogen-bond donors (Lipinski definition) is 2. The molecule has 1 atom stereocenters. The first-order valence-corrected chi connectivity index (χ1v) is 8.10. The van der Waals surface area contributed by atoms with Crippen molar-refractivity contribution in [3.8, 4) is 11.5 Å². The quantitative estimate of drug-likeness (QED) is 0.733. The molecular weight excluding hydrogens is 330 g/mol. The lowest BCUT2D eigenvalue weighted by molar-refractivity contribution is -0.122. The fourth-order valence-corrected chi connectivity index (χ4v) is 3.02. The number of aliphatic imine (C=N–C) groups is 1. The number of rotatable bonds is 7. The highest BCUT2D eigenvalue weighted by atomic mass is 32.2. The zero-order valence-corrected chi connectivity index (χ0v) is 14.3. The van der Waals surface area contributed by atoms with E-state index in [0.717, 1.165) is 0 Å². The van der Waals surface area contributed by atoms with Crippen molar-refractivity contribution in [2.45, 2.75) is 11.7 Å². The Morgan fingerprint density at radius 2 is 2.25 bits per heavy atom. The number of amides is 2. The van der Waals surface area contributed by atoms with Gasteiger partial charge < -0.3 is 20.1 Å². The number of anilines is 1. The summed E-state index contributed by atoms with van der Waals surface area (Å²) in [4.78, 5) is 28.3. The summed E-state index contributed by atoms with van der Waals surface area (Å²) in [6.07, 6.45) is 1.67. The van der Waals surface area contributed by atoms with Crippen molar-refractivity contribution in [3.63, 3.8) is 0 Å². The highest BCUT2D eigenvalue weighted by Gasteiger charge is 2.32. The summed E-state index contributed by atoms with van der Waals surface area (Å²) in [5.74, 6) is 0.591. The van der Waals surface area contributed by atoms with Crippen LogP contribution in [0.1, 0.15) is 6.42 Å². The molecule has 2 N–H and O–H groups in total. The molecule has 1 aliphatic rings. The van der Waals surface area contributed by atoms with Crippen LogP contribution in [0.3, 0.4) is 0 Å². The molecule has 1 aliphatic heterocycles. The third-order valence-electron chi connectivity index (χ3n) is 3.19. The van der Waals surface area contributed by atoms with E-state index in [1.54, 1.807) is 24.3 Å². The topological polar surface area (TPSA) is 89.0 Å². The maximum atomic E-state index is 12.2. The van der Waals surface area contributed by atoms with Crippen LogP contribution in [-0.4, -0.2) is 43.0 Å². The van der Waals surface area contributed by atoms with Gasteiger partial charge in [-0.25, -0.2) is 0 Å². The molecule has 0 radical (unpaired) electrons. The van der Waals surface area contributed by atoms with Crippen LogP contribution in [0.5, 0.6) is 11.5 Å². The van der Waals surface area contributed by atoms with Crippen LogP contribution in [-0.2, 0) is 9.59 Å². The Balaban J connectivity index is 2.01. The SMILES string of the molecule is C=CCN=C1NC(=O)[C@@H](CC(=O)Nc2cc(OC)ccc2OC)S1. The molecule has 8 heteroatoms. The van der Waals surface area contributed by atoms with Gasteiger partial charge >= 0.3 is 0 Å². The average molecular weight is 349 g/mol. The van der Waals surface area contributed by atoms with E-state index in [0.29, 0.717) is 28.9 Å². The molecule has 0 unspecified atom stereocenters. The van der Waals surface area contributed by atoms with Crippen LogP contribution < -0.4 is 20.1 Å². The Hall–Kier alpha value is -2.48. The number of carbonyl (C=O) groups is 2. The lowest BCUT2D eigenvalue weighted by Gasteiger charge is -2.12. The molecule has 1 heterocycles. The smallest absolute Gasteiger partial charge is 0.240 e. The van der Waals surface area contributed by atoms with Crippen molar-refractivity contribution in [1.29, 1.82) is 0 Å². The number of carbonyl (C=O) groups excluding carboxylic acids is 2. The first kappa shape index (κ1) is 17.9. The maximum absolute atomic E-state index is 12.2. The standard InChI is InChI=1S/C16H19N3O4S/c1-4-7-17-16-19-15(21)13(24-16)9-14(20)18-11-8-10(22-2)5-6-12(11)23-3/h4-6,8,13H,1,7,9H2,2-3H3,(H,18,20)(H,17,19,21)/t13-/m1/s1. The number of benzene rings is 1. The van der Waals surface area contributed by atoms with E-state index in [4.69, 9.17) is 9.47 Å². The second kappa shape index (κ2) is 8.39. The van der Waals surface area contributed by atoms with E-state index in [-0.39, 0.29) is 18.2 Å². The molecule has 0 aliphatic carbocycles. The Labute approximate surface area is 144 Å². The van der Waals surface area contributed by atoms with Gasteiger partial charge in [-0.05, 0) is 12.1 Å². The fraction of sp³-hybridized carbons (Fsp3) is 0.312. The van der Waals surface area contributed by atoms with E-state index in [1.165, 1.54) is 26.0 Å². The van der Waals surface area contributed by atoms with Crippen LogP contribution in [0.2, 0.25) is 0 Å². The fourth-order valence-electron chi connectivity index (χ4n) is 2.04. The molecule has 1 aromatic rings. The van der Waals surface area contributed by atoms with Crippen molar-refractivity contribution in [2.24, 2.45) is 4.99 Å². The van der Waals surface area contributed by atoms with Gasteiger partial charge in [0.05, 0.1) is 26.5 Å². The summed E-state index contributed by atoms with van der Waals surface area (Å²) in [6.45, 7) is 3.99. The molecule has 1 saturated heterocycles. The van der Waals surface area contributed by atoms with Crippen molar-refractivity contribution in [2.75, 3.05) is 26.1 Å². The number of nitrogens with one attached hydrogen (secondary N) is 2. The summed E-state index contributed by atoms with van der Waals surface area (Å²) >= 11 is 1.24. The van der Waals surface area contributed by atoms with Crippen molar-refractivity contribution in [1.82, 2.24) is 5.32 Å². The van der Waals surface area contributed by atoms with Crippen LogP contribution in [0.4, 0.5) is 5.69 Å². The van der Waals surface area contributed by atoms with Gasteiger partial charge in [0, 0.05) is 12.5 Å². The Morgan fingerprint density at radius 1 is 1.46 bits per heavy atom. The lowest BCUT2D eigenvalue weighted by Crippen LogP contribution is -2.28. The van der Waals surface area contributed by atoms with Gasteiger partial charge in [-0.15, -0.1) is 6.58 Å². The molecule has 0 saturated carbocycles. The van der Waals surface area contributed by atoms with Crippen molar-refractivity contribution >= 4 is 34.4 Å². The summed E-state index contributed by atoms with van der Waals surface area (Å²) in [6, 6.07) is 5.10. The molecule has 0 aromatic heterocycles. The Kier molecular flexibility index (Phi) is 6.25. The second-order valence-corrected chi connectivity index (χ2v) is 6.04. The summed E-state index contributed by atoms with van der Waals surface area (Å²) in [5.41, 5.74) is 0.491. The average Bonchev–Trinajstić information content (AvgIpc) is 2.92.